The van der Waals surface area contributed by atoms with E-state index in [1.54, 1.807) is 5.57 Å². The Morgan fingerprint density at radius 2 is 2.16 bits per heavy atom. The SMILES string of the molecule is C=CC(C)=Cc1cc2c(cc1C)C=C(C(C)CC)C2. The highest BCUT2D eigenvalue weighted by molar-refractivity contribution is 5.69. The molecule has 0 saturated carbocycles. The second-order valence-corrected chi connectivity index (χ2v) is 5.71. The Hall–Kier alpha value is -1.56. The molecule has 0 nitrogen and oxygen atoms in total. The summed E-state index contributed by atoms with van der Waals surface area (Å²) < 4.78 is 0. The van der Waals surface area contributed by atoms with Crippen LogP contribution in [0.1, 0.15) is 49.4 Å². The predicted octanol–water partition coefficient (Wildman–Crippen LogP) is 5.57. The van der Waals surface area contributed by atoms with Gasteiger partial charge in [-0.1, -0.05) is 61.9 Å². The van der Waals surface area contributed by atoms with Crippen molar-refractivity contribution in [3.63, 3.8) is 0 Å². The zero-order valence-corrected chi connectivity index (χ0v) is 12.6. The molecule has 0 radical (unpaired) electrons. The zero-order chi connectivity index (χ0) is 14.0. The van der Waals surface area contributed by atoms with Gasteiger partial charge in [0, 0.05) is 0 Å². The van der Waals surface area contributed by atoms with Crippen molar-refractivity contribution in [3.05, 3.63) is 58.2 Å². The zero-order valence-electron chi connectivity index (χ0n) is 12.6. The van der Waals surface area contributed by atoms with Crippen LogP contribution >= 0.6 is 0 Å². The fourth-order valence-corrected chi connectivity index (χ4v) is 2.59. The molecular formula is C19H24. The Morgan fingerprint density at radius 1 is 1.42 bits per heavy atom. The molecule has 0 aliphatic heterocycles. The van der Waals surface area contributed by atoms with Gasteiger partial charge in [0.05, 0.1) is 0 Å². The fraction of sp³-hybridized carbons (Fsp3) is 0.368. The van der Waals surface area contributed by atoms with Gasteiger partial charge in [0.15, 0.2) is 0 Å². The molecule has 100 valence electrons. The van der Waals surface area contributed by atoms with E-state index in [4.69, 9.17) is 0 Å². The van der Waals surface area contributed by atoms with Crippen molar-refractivity contribution in [2.75, 3.05) is 0 Å². The first kappa shape index (κ1) is 13.9. The lowest BCUT2D eigenvalue weighted by Gasteiger charge is -2.09. The maximum absolute atomic E-state index is 3.83. The van der Waals surface area contributed by atoms with Crippen LogP contribution in [0.2, 0.25) is 0 Å². The van der Waals surface area contributed by atoms with E-state index in [-0.39, 0.29) is 0 Å². The molecule has 0 fully saturated rings. The minimum absolute atomic E-state index is 0.696. The molecule has 0 heterocycles. The van der Waals surface area contributed by atoms with Crippen molar-refractivity contribution >= 4 is 12.2 Å². The van der Waals surface area contributed by atoms with E-state index in [1.807, 2.05) is 6.08 Å². The lowest BCUT2D eigenvalue weighted by atomic mass is 9.96. The first-order valence-corrected chi connectivity index (χ1v) is 7.19. The van der Waals surface area contributed by atoms with Crippen molar-refractivity contribution < 1.29 is 0 Å². The molecular weight excluding hydrogens is 228 g/mol. The third-order valence-corrected chi connectivity index (χ3v) is 4.21. The monoisotopic (exact) mass is 252 g/mol. The van der Waals surface area contributed by atoms with Gasteiger partial charge >= 0.3 is 0 Å². The number of rotatable bonds is 4. The van der Waals surface area contributed by atoms with E-state index >= 15 is 0 Å². The topological polar surface area (TPSA) is 0 Å². The highest BCUT2D eigenvalue weighted by Gasteiger charge is 2.17. The van der Waals surface area contributed by atoms with Crippen LogP contribution in [-0.2, 0) is 6.42 Å². The summed E-state index contributed by atoms with van der Waals surface area (Å²) in [6, 6.07) is 4.68. The van der Waals surface area contributed by atoms with E-state index in [0.717, 1.165) is 6.42 Å². The second kappa shape index (κ2) is 5.61. The summed E-state index contributed by atoms with van der Waals surface area (Å²) in [5.74, 6) is 0.696. The van der Waals surface area contributed by atoms with Crippen molar-refractivity contribution in [3.8, 4) is 0 Å². The lowest BCUT2D eigenvalue weighted by molar-refractivity contribution is 0.647. The Labute approximate surface area is 117 Å². The van der Waals surface area contributed by atoms with Crippen LogP contribution in [0.25, 0.3) is 12.2 Å². The molecule has 1 aromatic rings. The molecule has 0 heteroatoms. The van der Waals surface area contributed by atoms with E-state index in [0.29, 0.717) is 5.92 Å². The quantitative estimate of drug-likeness (QED) is 0.614. The summed E-state index contributed by atoms with van der Waals surface area (Å²) in [6.45, 7) is 12.7. The molecule has 1 aromatic carbocycles. The molecule has 2 rings (SSSR count). The first-order chi connectivity index (χ1) is 9.05. The highest BCUT2D eigenvalue weighted by atomic mass is 14.2. The maximum atomic E-state index is 3.83. The molecule has 1 atom stereocenters. The molecule has 19 heavy (non-hydrogen) atoms. The number of allylic oxidation sites excluding steroid dienone is 3. The average Bonchev–Trinajstić information content (AvgIpc) is 2.80. The van der Waals surface area contributed by atoms with Crippen LogP contribution in [0.4, 0.5) is 0 Å². The van der Waals surface area contributed by atoms with Gasteiger partial charge in [-0.05, 0) is 54.9 Å². The van der Waals surface area contributed by atoms with Crippen molar-refractivity contribution in [1.29, 1.82) is 0 Å². The van der Waals surface area contributed by atoms with Gasteiger partial charge in [-0.15, -0.1) is 0 Å². The first-order valence-electron chi connectivity index (χ1n) is 7.19. The summed E-state index contributed by atoms with van der Waals surface area (Å²) in [4.78, 5) is 0. The van der Waals surface area contributed by atoms with Crippen LogP contribution in [-0.4, -0.2) is 0 Å². The molecule has 0 amide bonds. The molecule has 0 N–H and O–H groups in total. The number of benzene rings is 1. The standard InChI is InChI=1S/C19H24/c1-6-13(3)8-16-10-19-12-17(14(4)7-2)11-18(19)9-15(16)5/h6,8-11,14H,1,7,12H2,2-5H3. The minimum Gasteiger partial charge on any atom is -0.0988 e. The van der Waals surface area contributed by atoms with Crippen LogP contribution in [0, 0.1) is 12.8 Å². The van der Waals surface area contributed by atoms with Crippen molar-refractivity contribution in [2.24, 2.45) is 5.92 Å². The van der Waals surface area contributed by atoms with Crippen LogP contribution in [0.5, 0.6) is 0 Å². The number of hydrogen-bond acceptors (Lipinski definition) is 0. The van der Waals surface area contributed by atoms with E-state index < -0.39 is 0 Å². The van der Waals surface area contributed by atoms with E-state index in [9.17, 15) is 0 Å². The van der Waals surface area contributed by atoms with Gasteiger partial charge in [-0.25, -0.2) is 0 Å². The third-order valence-electron chi connectivity index (χ3n) is 4.21. The summed E-state index contributed by atoms with van der Waals surface area (Å²) in [5.41, 5.74) is 8.37. The Morgan fingerprint density at radius 3 is 2.79 bits per heavy atom. The van der Waals surface area contributed by atoms with Gasteiger partial charge in [0.1, 0.15) is 0 Å². The molecule has 1 aliphatic carbocycles. The maximum Gasteiger partial charge on any atom is -0.00549 e. The Kier molecular flexibility index (Phi) is 4.09. The normalized spacial score (nSPS) is 16.0. The molecule has 0 aromatic heterocycles. The van der Waals surface area contributed by atoms with Crippen LogP contribution in [0.3, 0.4) is 0 Å². The summed E-state index contributed by atoms with van der Waals surface area (Å²) in [7, 11) is 0. The third kappa shape index (κ3) is 2.89. The largest absolute Gasteiger partial charge is 0.0988 e. The molecule has 0 saturated heterocycles. The van der Waals surface area contributed by atoms with Gasteiger partial charge in [0.25, 0.3) is 0 Å². The van der Waals surface area contributed by atoms with Crippen molar-refractivity contribution in [1.82, 2.24) is 0 Å². The average molecular weight is 252 g/mol. The Bertz CT molecular complexity index is 556. The van der Waals surface area contributed by atoms with Gasteiger partial charge in [-0.3, -0.25) is 0 Å². The van der Waals surface area contributed by atoms with Gasteiger partial charge < -0.3 is 0 Å². The van der Waals surface area contributed by atoms with Gasteiger partial charge in [-0.2, -0.15) is 0 Å². The lowest BCUT2D eigenvalue weighted by Crippen LogP contribution is -1.97. The second-order valence-electron chi connectivity index (χ2n) is 5.71. The molecule has 1 aliphatic rings. The van der Waals surface area contributed by atoms with E-state index in [2.05, 4.69) is 58.6 Å². The number of fused-ring (bicyclic) bond motifs is 1. The van der Waals surface area contributed by atoms with Crippen molar-refractivity contribution in [2.45, 2.75) is 40.5 Å². The summed E-state index contributed by atoms with van der Waals surface area (Å²) in [5, 5.41) is 0. The van der Waals surface area contributed by atoms with Crippen LogP contribution in [0.15, 0.2) is 35.9 Å². The predicted molar refractivity (Wildman–Crippen MR) is 86.2 cm³/mol. The van der Waals surface area contributed by atoms with Gasteiger partial charge in [0.2, 0.25) is 0 Å². The number of hydrogen-bond donors (Lipinski definition) is 0. The Balaban J connectivity index is 2.35. The minimum atomic E-state index is 0.696. The molecule has 0 bridgehead atoms. The molecule has 0 spiro atoms. The molecule has 1 unspecified atom stereocenters. The summed E-state index contributed by atoms with van der Waals surface area (Å²) in [6.07, 6.45) is 8.88. The van der Waals surface area contributed by atoms with E-state index in [1.165, 1.54) is 34.2 Å². The fourth-order valence-electron chi connectivity index (χ4n) is 2.59. The smallest absolute Gasteiger partial charge is 0.00549 e. The van der Waals surface area contributed by atoms with Crippen LogP contribution < -0.4 is 0 Å². The summed E-state index contributed by atoms with van der Waals surface area (Å²) >= 11 is 0. The number of aryl methyl sites for hydroxylation is 1. The highest BCUT2D eigenvalue weighted by Crippen LogP contribution is 2.33.